The first-order valence-electron chi connectivity index (χ1n) is 3.03. The average Bonchev–Trinajstić information content (AvgIpc) is 1.88. The highest BCUT2D eigenvalue weighted by molar-refractivity contribution is 5.77. The van der Waals surface area contributed by atoms with Crippen molar-refractivity contribution in [2.45, 2.75) is 13.3 Å². The first kappa shape index (κ1) is 6.86. The fourth-order valence-electron chi connectivity index (χ4n) is 0.676. The molecule has 0 radical (unpaired) electrons. The third kappa shape index (κ3) is 1.93. The Balaban J connectivity index is 2.67. The van der Waals surface area contributed by atoms with Crippen LogP contribution in [0.3, 0.4) is 0 Å². The number of aromatic nitrogens is 2. The lowest BCUT2D eigenvalue weighted by molar-refractivity contribution is -0.116. The summed E-state index contributed by atoms with van der Waals surface area (Å²) in [5, 5.41) is 0. The molecule has 0 unspecified atom stereocenters. The van der Waals surface area contributed by atoms with Gasteiger partial charge in [0.1, 0.15) is 5.78 Å². The van der Waals surface area contributed by atoms with Gasteiger partial charge in [0.15, 0.2) is 0 Å². The van der Waals surface area contributed by atoms with Gasteiger partial charge < -0.3 is 0 Å². The van der Waals surface area contributed by atoms with Crippen molar-refractivity contribution in [3.63, 3.8) is 0 Å². The molecule has 0 amide bonds. The smallest absolute Gasteiger partial charge is 0.135 e. The second kappa shape index (κ2) is 3.06. The first-order chi connectivity index (χ1) is 4.79. The van der Waals surface area contributed by atoms with Gasteiger partial charge in [0.05, 0.1) is 5.69 Å². The highest BCUT2D eigenvalue weighted by Crippen LogP contribution is 1.91. The molecule has 0 atom stereocenters. The number of carbonyl (C=O) groups excluding carboxylic acids is 1. The van der Waals surface area contributed by atoms with Gasteiger partial charge in [-0.3, -0.25) is 14.8 Å². The molecule has 10 heavy (non-hydrogen) atoms. The topological polar surface area (TPSA) is 42.9 Å². The zero-order valence-corrected chi connectivity index (χ0v) is 5.74. The van der Waals surface area contributed by atoms with Gasteiger partial charge in [-0.2, -0.15) is 0 Å². The van der Waals surface area contributed by atoms with Gasteiger partial charge in [-0.15, -0.1) is 0 Å². The largest absolute Gasteiger partial charge is 0.300 e. The number of rotatable bonds is 2. The monoisotopic (exact) mass is 136 g/mol. The number of carbonyl (C=O) groups is 1. The average molecular weight is 136 g/mol. The molecule has 0 aliphatic heterocycles. The van der Waals surface area contributed by atoms with Crippen molar-refractivity contribution in [3.8, 4) is 0 Å². The molecule has 1 aromatic heterocycles. The van der Waals surface area contributed by atoms with Gasteiger partial charge in [0.25, 0.3) is 0 Å². The maximum Gasteiger partial charge on any atom is 0.135 e. The molecular weight excluding hydrogens is 128 g/mol. The molecule has 0 aromatic carbocycles. The Morgan fingerprint density at radius 1 is 1.60 bits per heavy atom. The van der Waals surface area contributed by atoms with Crippen LogP contribution >= 0.6 is 0 Å². The van der Waals surface area contributed by atoms with E-state index in [1.54, 1.807) is 18.6 Å². The van der Waals surface area contributed by atoms with Crippen LogP contribution in [0.25, 0.3) is 0 Å². The third-order valence-electron chi connectivity index (χ3n) is 1.05. The lowest BCUT2D eigenvalue weighted by Gasteiger charge is -1.91. The lowest BCUT2D eigenvalue weighted by atomic mass is 10.2. The van der Waals surface area contributed by atoms with Crippen molar-refractivity contribution < 1.29 is 4.79 Å². The molecule has 0 fully saturated rings. The van der Waals surface area contributed by atoms with E-state index < -0.39 is 0 Å². The van der Waals surface area contributed by atoms with E-state index in [1.165, 1.54) is 6.92 Å². The SMILES string of the molecule is CC(=O)Cc1cnccn1. The maximum absolute atomic E-state index is 10.5. The first-order valence-corrected chi connectivity index (χ1v) is 3.03. The van der Waals surface area contributed by atoms with Crippen molar-refractivity contribution in [1.29, 1.82) is 0 Å². The minimum absolute atomic E-state index is 0.112. The quantitative estimate of drug-likeness (QED) is 0.598. The predicted molar refractivity (Wildman–Crippen MR) is 36.4 cm³/mol. The molecule has 0 saturated heterocycles. The summed E-state index contributed by atoms with van der Waals surface area (Å²) in [5.41, 5.74) is 0.731. The lowest BCUT2D eigenvalue weighted by Crippen LogP contribution is -1.98. The van der Waals surface area contributed by atoms with Gasteiger partial charge >= 0.3 is 0 Å². The van der Waals surface area contributed by atoms with Crippen LogP contribution in [0.2, 0.25) is 0 Å². The van der Waals surface area contributed by atoms with Crippen LogP contribution in [0, 0.1) is 0 Å². The molecule has 1 aromatic rings. The van der Waals surface area contributed by atoms with E-state index in [0.717, 1.165) is 5.69 Å². The van der Waals surface area contributed by atoms with Gasteiger partial charge in [0.2, 0.25) is 0 Å². The molecule has 0 spiro atoms. The fourth-order valence-corrected chi connectivity index (χ4v) is 0.676. The van der Waals surface area contributed by atoms with Crippen LogP contribution in [0.1, 0.15) is 12.6 Å². The summed E-state index contributed by atoms with van der Waals surface area (Å²) in [6, 6.07) is 0. The minimum Gasteiger partial charge on any atom is -0.300 e. The summed E-state index contributed by atoms with van der Waals surface area (Å²) in [6.45, 7) is 1.54. The summed E-state index contributed by atoms with van der Waals surface area (Å²) in [4.78, 5) is 18.3. The Labute approximate surface area is 59.1 Å². The number of Topliss-reactive ketones (excluding diaryl/α,β-unsaturated/α-hetero) is 1. The molecular formula is C7H8N2O. The summed E-state index contributed by atoms with van der Waals surface area (Å²) >= 11 is 0. The van der Waals surface area contributed by atoms with E-state index in [-0.39, 0.29) is 5.78 Å². The van der Waals surface area contributed by atoms with Crippen LogP contribution in [-0.4, -0.2) is 15.8 Å². The summed E-state index contributed by atoms with van der Waals surface area (Å²) in [7, 11) is 0. The van der Waals surface area contributed by atoms with Gasteiger partial charge in [0, 0.05) is 25.0 Å². The van der Waals surface area contributed by atoms with Gasteiger partial charge in [-0.25, -0.2) is 0 Å². The molecule has 0 aliphatic rings. The highest BCUT2D eigenvalue weighted by Gasteiger charge is 1.96. The second-order valence-corrected chi connectivity index (χ2v) is 2.08. The van der Waals surface area contributed by atoms with Gasteiger partial charge in [-0.1, -0.05) is 0 Å². The summed E-state index contributed by atoms with van der Waals surface area (Å²) in [6.07, 6.45) is 5.15. The Morgan fingerprint density at radius 3 is 2.90 bits per heavy atom. The second-order valence-electron chi connectivity index (χ2n) is 2.08. The minimum atomic E-state index is 0.112. The summed E-state index contributed by atoms with van der Waals surface area (Å²) < 4.78 is 0. The molecule has 1 rings (SSSR count). The van der Waals surface area contributed by atoms with E-state index in [1.807, 2.05) is 0 Å². The van der Waals surface area contributed by atoms with Crippen molar-refractivity contribution in [1.82, 2.24) is 9.97 Å². The molecule has 0 saturated carbocycles. The fraction of sp³-hybridized carbons (Fsp3) is 0.286. The van der Waals surface area contributed by atoms with Crippen molar-refractivity contribution in [2.24, 2.45) is 0 Å². The highest BCUT2D eigenvalue weighted by atomic mass is 16.1. The zero-order chi connectivity index (χ0) is 7.40. The molecule has 0 bridgehead atoms. The Hall–Kier alpha value is -1.25. The van der Waals surface area contributed by atoms with Crippen LogP contribution in [0.5, 0.6) is 0 Å². The Bertz CT molecular complexity index is 220. The van der Waals surface area contributed by atoms with E-state index >= 15 is 0 Å². The van der Waals surface area contributed by atoms with Crippen molar-refractivity contribution in [3.05, 3.63) is 24.3 Å². The van der Waals surface area contributed by atoms with Gasteiger partial charge in [-0.05, 0) is 6.92 Å². The number of ketones is 1. The Morgan fingerprint density at radius 2 is 2.40 bits per heavy atom. The normalized spacial score (nSPS) is 9.30. The van der Waals surface area contributed by atoms with Crippen LogP contribution < -0.4 is 0 Å². The Kier molecular flexibility index (Phi) is 2.10. The van der Waals surface area contributed by atoms with Crippen LogP contribution in [0.15, 0.2) is 18.6 Å². The number of hydrogen-bond acceptors (Lipinski definition) is 3. The van der Waals surface area contributed by atoms with E-state index in [9.17, 15) is 4.79 Å². The predicted octanol–water partition coefficient (Wildman–Crippen LogP) is 0.608. The summed E-state index contributed by atoms with van der Waals surface area (Å²) in [5.74, 6) is 0.112. The van der Waals surface area contributed by atoms with Crippen LogP contribution in [-0.2, 0) is 11.2 Å². The molecule has 0 N–H and O–H groups in total. The van der Waals surface area contributed by atoms with E-state index in [4.69, 9.17) is 0 Å². The van der Waals surface area contributed by atoms with Crippen molar-refractivity contribution >= 4 is 5.78 Å². The maximum atomic E-state index is 10.5. The molecule has 0 aliphatic carbocycles. The number of nitrogens with zero attached hydrogens (tertiary/aromatic N) is 2. The molecule has 52 valence electrons. The van der Waals surface area contributed by atoms with E-state index in [2.05, 4.69) is 9.97 Å². The van der Waals surface area contributed by atoms with Crippen LogP contribution in [0.4, 0.5) is 0 Å². The van der Waals surface area contributed by atoms with E-state index in [0.29, 0.717) is 6.42 Å². The number of hydrogen-bond donors (Lipinski definition) is 0. The van der Waals surface area contributed by atoms with Crippen molar-refractivity contribution in [2.75, 3.05) is 0 Å². The molecule has 3 heteroatoms. The standard InChI is InChI=1S/C7H8N2O/c1-6(10)4-7-5-8-2-3-9-7/h2-3,5H,4H2,1H3. The molecule has 3 nitrogen and oxygen atoms in total. The third-order valence-corrected chi connectivity index (χ3v) is 1.05. The molecule has 1 heterocycles. The zero-order valence-electron chi connectivity index (χ0n) is 5.74.